The largest absolute Gasteiger partial charge is 0.494 e. The highest BCUT2D eigenvalue weighted by atomic mass is 16.5. The maximum atomic E-state index is 11.0. The molecule has 2 N–H and O–H groups in total. The van der Waals surface area contributed by atoms with Gasteiger partial charge >= 0.3 is 6.09 Å². The van der Waals surface area contributed by atoms with Crippen molar-refractivity contribution < 1.29 is 14.6 Å². The first-order chi connectivity index (χ1) is 10.2. The molecule has 1 saturated heterocycles. The minimum atomic E-state index is -0.861. The number of fused-ring (bicyclic) bond motifs is 1. The summed E-state index contributed by atoms with van der Waals surface area (Å²) in [4.78, 5) is 16.8. The lowest BCUT2D eigenvalue weighted by molar-refractivity contribution is 0.155. The molecule has 0 saturated carbocycles. The number of rotatable bonds is 3. The van der Waals surface area contributed by atoms with E-state index in [9.17, 15) is 4.79 Å². The average Bonchev–Trinajstić information content (AvgIpc) is 2.96. The van der Waals surface area contributed by atoms with Gasteiger partial charge in [-0.3, -0.25) is 4.98 Å². The highest BCUT2D eigenvalue weighted by Gasteiger charge is 2.26. The molecule has 1 aliphatic rings. The van der Waals surface area contributed by atoms with Crippen molar-refractivity contribution >= 4 is 22.7 Å². The van der Waals surface area contributed by atoms with E-state index in [2.05, 4.69) is 10.3 Å². The van der Waals surface area contributed by atoms with Crippen LogP contribution < -0.4 is 10.1 Å². The molecule has 1 aromatic carbocycles. The van der Waals surface area contributed by atoms with E-state index in [4.69, 9.17) is 9.84 Å². The lowest BCUT2D eigenvalue weighted by atomic mass is 10.1. The molecular weight excluding hydrogens is 270 g/mol. The number of nitrogens with one attached hydrogen (secondary N) is 1. The molecular formula is C15H17N3O3. The smallest absolute Gasteiger partial charge is 0.407 e. The first-order valence-electron chi connectivity index (χ1n) is 6.85. The van der Waals surface area contributed by atoms with E-state index in [1.54, 1.807) is 13.3 Å². The minimum Gasteiger partial charge on any atom is -0.494 e. The first kappa shape index (κ1) is 13.5. The van der Waals surface area contributed by atoms with Gasteiger partial charge in [-0.25, -0.2) is 4.79 Å². The van der Waals surface area contributed by atoms with Gasteiger partial charge in [-0.05, 0) is 30.7 Å². The van der Waals surface area contributed by atoms with Crippen LogP contribution in [0.5, 0.6) is 5.75 Å². The van der Waals surface area contributed by atoms with Crippen LogP contribution in [0.15, 0.2) is 30.5 Å². The molecule has 1 aromatic heterocycles. The predicted octanol–water partition coefficient (Wildman–Crippen LogP) is 2.41. The number of pyridine rings is 1. The Morgan fingerprint density at radius 2 is 2.33 bits per heavy atom. The summed E-state index contributed by atoms with van der Waals surface area (Å²) in [6.07, 6.45) is 1.68. The Balaban J connectivity index is 1.87. The van der Waals surface area contributed by atoms with Gasteiger partial charge in [-0.15, -0.1) is 0 Å². The van der Waals surface area contributed by atoms with Gasteiger partial charge in [0.1, 0.15) is 11.3 Å². The zero-order valence-corrected chi connectivity index (χ0v) is 11.7. The molecule has 110 valence electrons. The monoisotopic (exact) mass is 287 g/mol. The van der Waals surface area contributed by atoms with Gasteiger partial charge in [0.05, 0.1) is 7.11 Å². The van der Waals surface area contributed by atoms with Crippen LogP contribution in [0.4, 0.5) is 10.5 Å². The molecule has 0 aliphatic carbocycles. The van der Waals surface area contributed by atoms with E-state index >= 15 is 0 Å². The molecule has 1 amide bonds. The number of hydrogen-bond acceptors (Lipinski definition) is 4. The normalized spacial score (nSPS) is 18.0. The molecule has 1 fully saturated rings. The van der Waals surface area contributed by atoms with Gasteiger partial charge in [0.25, 0.3) is 0 Å². The van der Waals surface area contributed by atoms with Crippen molar-refractivity contribution in [2.24, 2.45) is 0 Å². The lowest BCUT2D eigenvalue weighted by Crippen LogP contribution is -2.30. The third-order valence-electron chi connectivity index (χ3n) is 3.77. The number of ether oxygens (including phenoxy) is 1. The van der Waals surface area contributed by atoms with Crippen LogP contribution in [-0.4, -0.2) is 47.3 Å². The Bertz CT molecular complexity index is 674. The van der Waals surface area contributed by atoms with Gasteiger partial charge in [0.15, 0.2) is 0 Å². The van der Waals surface area contributed by atoms with E-state index in [0.29, 0.717) is 13.1 Å². The minimum absolute atomic E-state index is 0.123. The summed E-state index contributed by atoms with van der Waals surface area (Å²) in [5.74, 6) is 0.731. The second-order valence-electron chi connectivity index (χ2n) is 5.07. The van der Waals surface area contributed by atoms with Crippen molar-refractivity contribution in [3.63, 3.8) is 0 Å². The van der Waals surface area contributed by atoms with Crippen LogP contribution >= 0.6 is 0 Å². The van der Waals surface area contributed by atoms with Crippen LogP contribution in [0.25, 0.3) is 10.9 Å². The Kier molecular flexibility index (Phi) is 3.51. The van der Waals surface area contributed by atoms with Crippen LogP contribution in [-0.2, 0) is 0 Å². The number of benzene rings is 1. The fourth-order valence-corrected chi connectivity index (χ4v) is 2.71. The van der Waals surface area contributed by atoms with E-state index in [1.807, 2.05) is 24.3 Å². The van der Waals surface area contributed by atoms with Crippen molar-refractivity contribution in [1.29, 1.82) is 0 Å². The fourth-order valence-electron chi connectivity index (χ4n) is 2.71. The highest BCUT2D eigenvalue weighted by molar-refractivity contribution is 5.95. The van der Waals surface area contributed by atoms with Crippen molar-refractivity contribution in [3.8, 4) is 5.75 Å². The van der Waals surface area contributed by atoms with E-state index in [0.717, 1.165) is 28.8 Å². The third kappa shape index (κ3) is 2.56. The quantitative estimate of drug-likeness (QED) is 0.906. The molecule has 0 spiro atoms. The summed E-state index contributed by atoms with van der Waals surface area (Å²) in [6.45, 7) is 1.07. The van der Waals surface area contributed by atoms with Crippen molar-refractivity contribution in [2.45, 2.75) is 12.5 Å². The van der Waals surface area contributed by atoms with Crippen LogP contribution in [0.1, 0.15) is 6.42 Å². The van der Waals surface area contributed by atoms with Gasteiger partial charge in [0.2, 0.25) is 0 Å². The SMILES string of the molecule is COc1ccc(N[C@@H]2CCN(C(=O)O)C2)c2cccnc12. The predicted molar refractivity (Wildman–Crippen MR) is 79.9 cm³/mol. The molecule has 2 heterocycles. The number of carboxylic acid groups (broad SMARTS) is 1. The fraction of sp³-hybridized carbons (Fsp3) is 0.333. The van der Waals surface area contributed by atoms with Gasteiger partial charge in [0, 0.05) is 36.4 Å². The Morgan fingerprint density at radius 3 is 3.05 bits per heavy atom. The number of methoxy groups -OCH3 is 1. The molecule has 1 aliphatic heterocycles. The van der Waals surface area contributed by atoms with Crippen molar-refractivity contribution in [2.75, 3.05) is 25.5 Å². The summed E-state index contributed by atoms with van der Waals surface area (Å²) >= 11 is 0. The Labute approximate surface area is 122 Å². The standard InChI is InChI=1S/C15H17N3O3/c1-21-13-5-4-12(11-3-2-7-16-14(11)13)17-10-6-8-18(9-10)15(19)20/h2-5,7,10,17H,6,8-9H2,1H3,(H,19,20)/t10-/m1/s1. The molecule has 0 unspecified atom stereocenters. The van der Waals surface area contributed by atoms with Crippen LogP contribution in [0, 0.1) is 0 Å². The number of nitrogens with zero attached hydrogens (tertiary/aromatic N) is 2. The zero-order valence-electron chi connectivity index (χ0n) is 11.7. The number of carbonyl (C=O) groups is 1. The summed E-state index contributed by atoms with van der Waals surface area (Å²) in [6, 6.07) is 7.81. The highest BCUT2D eigenvalue weighted by Crippen LogP contribution is 2.30. The van der Waals surface area contributed by atoms with Gasteiger partial charge < -0.3 is 20.1 Å². The van der Waals surface area contributed by atoms with Crippen molar-refractivity contribution in [1.82, 2.24) is 9.88 Å². The summed E-state index contributed by atoms with van der Waals surface area (Å²) in [7, 11) is 1.62. The number of aromatic nitrogens is 1. The second-order valence-corrected chi connectivity index (χ2v) is 5.07. The third-order valence-corrected chi connectivity index (χ3v) is 3.77. The number of anilines is 1. The molecule has 6 nitrogen and oxygen atoms in total. The molecule has 21 heavy (non-hydrogen) atoms. The number of hydrogen-bond donors (Lipinski definition) is 2. The van der Waals surface area contributed by atoms with Gasteiger partial charge in [-0.2, -0.15) is 0 Å². The summed E-state index contributed by atoms with van der Waals surface area (Å²) in [5, 5.41) is 13.4. The maximum absolute atomic E-state index is 11.0. The number of likely N-dealkylation sites (tertiary alicyclic amines) is 1. The molecule has 3 rings (SSSR count). The Morgan fingerprint density at radius 1 is 1.48 bits per heavy atom. The second kappa shape index (κ2) is 5.47. The average molecular weight is 287 g/mol. The topological polar surface area (TPSA) is 74.7 Å². The zero-order chi connectivity index (χ0) is 14.8. The van der Waals surface area contributed by atoms with E-state index < -0.39 is 6.09 Å². The Hall–Kier alpha value is -2.50. The van der Waals surface area contributed by atoms with Crippen LogP contribution in [0.3, 0.4) is 0 Å². The first-order valence-corrected chi connectivity index (χ1v) is 6.85. The molecule has 6 heteroatoms. The van der Waals surface area contributed by atoms with Crippen LogP contribution in [0.2, 0.25) is 0 Å². The van der Waals surface area contributed by atoms with E-state index in [1.165, 1.54) is 4.90 Å². The molecule has 0 bridgehead atoms. The van der Waals surface area contributed by atoms with E-state index in [-0.39, 0.29) is 6.04 Å². The maximum Gasteiger partial charge on any atom is 0.407 e. The summed E-state index contributed by atoms with van der Waals surface area (Å²) < 4.78 is 5.32. The molecule has 2 aromatic rings. The van der Waals surface area contributed by atoms with Gasteiger partial charge in [-0.1, -0.05) is 0 Å². The lowest BCUT2D eigenvalue weighted by Gasteiger charge is -2.17. The number of amides is 1. The van der Waals surface area contributed by atoms with Crippen molar-refractivity contribution in [3.05, 3.63) is 30.5 Å². The molecule has 0 radical (unpaired) electrons. The molecule has 1 atom stereocenters. The summed E-state index contributed by atoms with van der Waals surface area (Å²) in [5.41, 5.74) is 1.76.